The van der Waals surface area contributed by atoms with Gasteiger partial charge in [0, 0.05) is 0 Å². The van der Waals surface area contributed by atoms with E-state index in [1.165, 1.54) is 12.1 Å². The summed E-state index contributed by atoms with van der Waals surface area (Å²) in [5, 5.41) is 22.5. The lowest BCUT2D eigenvalue weighted by molar-refractivity contribution is -0.384. The van der Waals surface area contributed by atoms with Crippen molar-refractivity contribution in [1.82, 2.24) is 0 Å². The third kappa shape index (κ3) is 6.05. The lowest BCUT2D eigenvalue weighted by Gasteiger charge is -2.14. The van der Waals surface area contributed by atoms with E-state index in [2.05, 4.69) is 0 Å². The van der Waals surface area contributed by atoms with Crippen LogP contribution in [-0.2, 0) is 12.4 Å². The van der Waals surface area contributed by atoms with Crippen LogP contribution >= 0.6 is 23.2 Å². The quantitative estimate of drug-likeness (QED) is 0.122. The monoisotopic (exact) mass is 616 g/mol. The molecule has 7 nitrogen and oxygen atoms in total. The Balaban J connectivity index is 1.74. The molecule has 0 amide bonds. The molecule has 0 unspecified atom stereocenters. The molecule has 0 heterocycles. The second-order valence-corrected chi connectivity index (χ2v) is 9.07. The lowest BCUT2D eigenvalue weighted by Crippen LogP contribution is -2.04. The van der Waals surface area contributed by atoms with Crippen molar-refractivity contribution in [2.75, 3.05) is 0 Å². The summed E-state index contributed by atoms with van der Waals surface area (Å²) in [5.74, 6) is -0.708. The molecule has 4 aromatic rings. The molecule has 0 fully saturated rings. The van der Waals surface area contributed by atoms with Crippen LogP contribution < -0.4 is 4.74 Å². The molecule has 4 rings (SSSR count). The maximum Gasteiger partial charge on any atom is 0.416 e. The number of nitrogens with zero attached hydrogens (tertiary/aromatic N) is 2. The summed E-state index contributed by atoms with van der Waals surface area (Å²) < 4.78 is 83.0. The number of hydrogen-bond donors (Lipinski definition) is 0. The highest BCUT2D eigenvalue weighted by molar-refractivity contribution is 6.35. The summed E-state index contributed by atoms with van der Waals surface area (Å²) in [4.78, 5) is 21.9. The third-order valence-electron chi connectivity index (χ3n) is 5.79. The first-order valence-electron chi connectivity index (χ1n) is 11.1. The van der Waals surface area contributed by atoms with E-state index in [1.807, 2.05) is 0 Å². The minimum Gasteiger partial charge on any atom is -0.454 e. The predicted molar refractivity (Wildman–Crippen MR) is 137 cm³/mol. The fraction of sp³-hybridized carbons (Fsp3) is 0.0769. The van der Waals surface area contributed by atoms with Crippen molar-refractivity contribution < 1.29 is 40.9 Å². The van der Waals surface area contributed by atoms with Gasteiger partial charge in [0.2, 0.25) is 0 Å². The first-order valence-corrected chi connectivity index (χ1v) is 11.8. The summed E-state index contributed by atoms with van der Waals surface area (Å²) >= 11 is 12.5. The zero-order chi connectivity index (χ0) is 30.3. The number of hydrogen-bond acceptors (Lipinski definition) is 5. The van der Waals surface area contributed by atoms with Crippen LogP contribution in [0.5, 0.6) is 11.5 Å². The molecule has 0 aliphatic rings. The smallest absolute Gasteiger partial charge is 0.416 e. The van der Waals surface area contributed by atoms with E-state index in [9.17, 15) is 46.6 Å². The van der Waals surface area contributed by atoms with Crippen LogP contribution in [-0.4, -0.2) is 9.85 Å². The van der Waals surface area contributed by atoms with Gasteiger partial charge in [-0.15, -0.1) is 0 Å². The van der Waals surface area contributed by atoms with E-state index in [-0.39, 0.29) is 33.8 Å². The average Bonchev–Trinajstić information content (AvgIpc) is 2.89. The maximum absolute atomic E-state index is 12.9. The van der Waals surface area contributed by atoms with Crippen molar-refractivity contribution in [3.63, 3.8) is 0 Å². The largest absolute Gasteiger partial charge is 0.454 e. The van der Waals surface area contributed by atoms with Gasteiger partial charge in [-0.1, -0.05) is 47.5 Å². The summed E-state index contributed by atoms with van der Waals surface area (Å²) in [6.45, 7) is 0. The van der Waals surface area contributed by atoms with Crippen LogP contribution in [0.25, 0.3) is 22.3 Å². The molecule has 0 spiro atoms. The highest BCUT2D eigenvalue weighted by Gasteiger charge is 2.32. The molecule has 41 heavy (non-hydrogen) atoms. The normalized spacial score (nSPS) is 11.8. The van der Waals surface area contributed by atoms with Crippen molar-refractivity contribution in [3.8, 4) is 33.8 Å². The summed E-state index contributed by atoms with van der Waals surface area (Å²) in [7, 11) is 0. The van der Waals surface area contributed by atoms with Crippen molar-refractivity contribution in [1.29, 1.82) is 0 Å². The molecule has 0 N–H and O–H groups in total. The summed E-state index contributed by atoms with van der Waals surface area (Å²) in [5.41, 5.74) is -3.52. The van der Waals surface area contributed by atoms with E-state index in [4.69, 9.17) is 27.9 Å². The van der Waals surface area contributed by atoms with E-state index in [1.54, 1.807) is 0 Å². The minimum absolute atomic E-state index is 0.0488. The molecular weight excluding hydrogens is 605 g/mol. The Morgan fingerprint density at radius 3 is 1.15 bits per heavy atom. The number of benzene rings is 4. The number of ether oxygens (including phenoxy) is 1. The van der Waals surface area contributed by atoms with Gasteiger partial charge in [-0.3, -0.25) is 20.2 Å². The maximum atomic E-state index is 12.9. The van der Waals surface area contributed by atoms with Gasteiger partial charge in [0.25, 0.3) is 11.4 Å². The SMILES string of the molecule is O=[N+]([O-])c1c(-c2ccc(C(F)(F)F)cc2)ccc(Oc2ccc(-c3ccc(C(F)(F)F)cc3)c([N+](=O)[O-])c2Cl)c1Cl. The van der Waals surface area contributed by atoms with E-state index < -0.39 is 54.7 Å². The van der Waals surface area contributed by atoms with Crippen LogP contribution in [0.3, 0.4) is 0 Å². The molecule has 0 saturated heterocycles. The van der Waals surface area contributed by atoms with Gasteiger partial charge in [-0.05, 0) is 59.7 Å². The second-order valence-electron chi connectivity index (χ2n) is 8.31. The Morgan fingerprint density at radius 1 is 0.561 bits per heavy atom. The zero-order valence-electron chi connectivity index (χ0n) is 19.9. The van der Waals surface area contributed by atoms with Gasteiger partial charge in [-0.2, -0.15) is 26.3 Å². The molecule has 4 aromatic carbocycles. The Hall–Kier alpha value is -4.36. The van der Waals surface area contributed by atoms with Gasteiger partial charge < -0.3 is 4.74 Å². The van der Waals surface area contributed by atoms with Gasteiger partial charge in [0.05, 0.1) is 32.1 Å². The molecule has 0 aromatic heterocycles. The van der Waals surface area contributed by atoms with E-state index in [0.29, 0.717) is 0 Å². The number of halogens is 8. The van der Waals surface area contributed by atoms with Crippen LogP contribution in [0, 0.1) is 20.2 Å². The summed E-state index contributed by atoms with van der Waals surface area (Å²) in [6, 6.07) is 11.8. The topological polar surface area (TPSA) is 95.5 Å². The van der Waals surface area contributed by atoms with Gasteiger partial charge in [0.15, 0.2) is 21.5 Å². The zero-order valence-corrected chi connectivity index (χ0v) is 21.4. The first kappa shape index (κ1) is 29.6. The Labute approximate surface area is 235 Å². The molecule has 212 valence electrons. The van der Waals surface area contributed by atoms with Crippen molar-refractivity contribution in [3.05, 3.63) is 114 Å². The van der Waals surface area contributed by atoms with Crippen molar-refractivity contribution in [2.24, 2.45) is 0 Å². The summed E-state index contributed by atoms with van der Waals surface area (Å²) in [6.07, 6.45) is -9.24. The fourth-order valence-corrected chi connectivity index (χ4v) is 4.41. The van der Waals surface area contributed by atoms with Gasteiger partial charge in [-0.25, -0.2) is 0 Å². The highest BCUT2D eigenvalue weighted by Crippen LogP contribution is 2.47. The number of rotatable bonds is 6. The molecule has 0 saturated carbocycles. The minimum atomic E-state index is -4.62. The molecule has 0 radical (unpaired) electrons. The van der Waals surface area contributed by atoms with Gasteiger partial charge >= 0.3 is 12.4 Å². The third-order valence-corrected chi connectivity index (χ3v) is 6.52. The molecule has 0 bridgehead atoms. The van der Waals surface area contributed by atoms with E-state index >= 15 is 0 Å². The van der Waals surface area contributed by atoms with Crippen LogP contribution in [0.2, 0.25) is 10.0 Å². The van der Waals surface area contributed by atoms with Crippen LogP contribution in [0.1, 0.15) is 11.1 Å². The molecule has 0 aliphatic heterocycles. The molecule has 15 heteroatoms. The second kappa shape index (κ2) is 10.9. The predicted octanol–water partition coefficient (Wildman–Crippen LogP) is 9.97. The number of alkyl halides is 6. The Morgan fingerprint density at radius 2 is 0.878 bits per heavy atom. The van der Waals surface area contributed by atoms with Crippen LogP contribution in [0.15, 0.2) is 72.8 Å². The highest BCUT2D eigenvalue weighted by atomic mass is 35.5. The van der Waals surface area contributed by atoms with Crippen molar-refractivity contribution >= 4 is 34.6 Å². The molecular formula is C26H12Cl2F6N2O5. The fourth-order valence-electron chi connectivity index (χ4n) is 3.87. The van der Waals surface area contributed by atoms with Gasteiger partial charge in [0.1, 0.15) is 0 Å². The van der Waals surface area contributed by atoms with Crippen molar-refractivity contribution in [2.45, 2.75) is 12.4 Å². The molecule has 0 atom stereocenters. The first-order chi connectivity index (χ1) is 19.1. The van der Waals surface area contributed by atoms with Crippen LogP contribution in [0.4, 0.5) is 37.7 Å². The average molecular weight is 617 g/mol. The Kier molecular flexibility index (Phi) is 7.87. The molecule has 0 aliphatic carbocycles. The standard InChI is InChI=1S/C26H12Cl2F6N2O5/c27-21-19(11-9-17(23(21)35(37)38)13-1-5-15(6-2-13)25(29,30)31)41-20-12-10-18(24(22(20)28)36(39)40)14-3-7-16(8-4-14)26(32,33)34/h1-12H. The Bertz CT molecular complexity index is 1530. The van der Waals surface area contributed by atoms with E-state index in [0.717, 1.165) is 60.7 Å². The lowest BCUT2D eigenvalue weighted by atomic mass is 10.0. The number of nitro benzene ring substituents is 2. The number of nitro groups is 2.